The smallest absolute Gasteiger partial charge is 0.297 e. The van der Waals surface area contributed by atoms with E-state index in [4.69, 9.17) is 0 Å². The van der Waals surface area contributed by atoms with Crippen molar-refractivity contribution >= 4 is 11.4 Å². The topological polar surface area (TPSA) is 60.9 Å². The molecule has 0 saturated heterocycles. The summed E-state index contributed by atoms with van der Waals surface area (Å²) < 4.78 is 38.9. The molecule has 1 N–H and O–H groups in total. The Bertz CT molecular complexity index is 381. The molecule has 0 fully saturated rings. The second kappa shape index (κ2) is 5.90. The lowest BCUT2D eigenvalue weighted by Gasteiger charge is -2.26. The first kappa shape index (κ1) is 15.3. The highest BCUT2D eigenvalue weighted by Crippen LogP contribution is 2.20. The number of nitrogens with one attached hydrogen (secondary N) is 1. The summed E-state index contributed by atoms with van der Waals surface area (Å²) in [7, 11) is 0. The van der Waals surface area contributed by atoms with Crippen LogP contribution in [0.2, 0.25) is 0 Å². The standard InChI is InChI=1S/C11H17F2N3OS/c1-7(16-18(17)11(2,3)4)8-5-14-10(9(12)13)15-6-8/h5-7,9,16H,1-4H3. The summed E-state index contributed by atoms with van der Waals surface area (Å²) in [6.07, 6.45) is -0.0241. The first-order valence-electron chi connectivity index (χ1n) is 5.50. The zero-order chi connectivity index (χ0) is 13.9. The molecule has 0 saturated carbocycles. The molecule has 18 heavy (non-hydrogen) atoms. The summed E-state index contributed by atoms with van der Waals surface area (Å²) in [5.41, 5.74) is 0.622. The molecule has 1 heterocycles. The van der Waals surface area contributed by atoms with E-state index in [1.54, 1.807) is 6.92 Å². The minimum atomic E-state index is -2.67. The van der Waals surface area contributed by atoms with Gasteiger partial charge in [0.05, 0.1) is 6.04 Å². The van der Waals surface area contributed by atoms with Crippen LogP contribution in [-0.2, 0) is 11.4 Å². The Kier molecular flexibility index (Phi) is 5.01. The van der Waals surface area contributed by atoms with E-state index in [2.05, 4.69) is 14.7 Å². The van der Waals surface area contributed by atoms with Gasteiger partial charge in [0.2, 0.25) is 0 Å². The van der Waals surface area contributed by atoms with Crippen LogP contribution in [0.15, 0.2) is 12.4 Å². The molecule has 0 amide bonds. The number of aromatic nitrogens is 2. The molecule has 0 aromatic carbocycles. The number of halogens is 2. The lowest BCUT2D eigenvalue weighted by atomic mass is 10.2. The largest absolute Gasteiger partial charge is 0.598 e. The van der Waals surface area contributed by atoms with Crippen LogP contribution in [0.4, 0.5) is 8.78 Å². The fraction of sp³-hybridized carbons (Fsp3) is 0.636. The summed E-state index contributed by atoms with van der Waals surface area (Å²) in [6.45, 7) is 7.32. The molecule has 2 atom stereocenters. The quantitative estimate of drug-likeness (QED) is 0.859. The zero-order valence-corrected chi connectivity index (χ0v) is 11.6. The van der Waals surface area contributed by atoms with Crippen molar-refractivity contribution < 1.29 is 13.3 Å². The van der Waals surface area contributed by atoms with Gasteiger partial charge in [-0.15, -0.1) is 4.72 Å². The predicted octanol–water partition coefficient (Wildman–Crippen LogP) is 2.53. The van der Waals surface area contributed by atoms with Gasteiger partial charge in [-0.05, 0) is 27.7 Å². The third-order valence-corrected chi connectivity index (χ3v) is 3.91. The van der Waals surface area contributed by atoms with E-state index in [1.807, 2.05) is 20.8 Å². The molecule has 0 aliphatic heterocycles. The van der Waals surface area contributed by atoms with Crippen molar-refractivity contribution in [2.45, 2.75) is 44.9 Å². The zero-order valence-electron chi connectivity index (χ0n) is 10.8. The lowest BCUT2D eigenvalue weighted by Crippen LogP contribution is -2.40. The van der Waals surface area contributed by atoms with Gasteiger partial charge in [0.25, 0.3) is 6.43 Å². The maximum atomic E-state index is 12.3. The van der Waals surface area contributed by atoms with Crippen LogP contribution >= 0.6 is 0 Å². The van der Waals surface area contributed by atoms with Crippen molar-refractivity contribution in [1.29, 1.82) is 0 Å². The maximum Gasteiger partial charge on any atom is 0.297 e. The van der Waals surface area contributed by atoms with Gasteiger partial charge >= 0.3 is 0 Å². The minimum Gasteiger partial charge on any atom is -0.598 e. The summed E-state index contributed by atoms with van der Waals surface area (Å²) in [6, 6.07) is -0.267. The highest BCUT2D eigenvalue weighted by Gasteiger charge is 2.28. The average Bonchev–Trinajstić information content (AvgIpc) is 2.27. The van der Waals surface area contributed by atoms with E-state index >= 15 is 0 Å². The van der Waals surface area contributed by atoms with Gasteiger partial charge in [-0.25, -0.2) is 18.7 Å². The SMILES string of the molecule is CC(N[S+]([O-])C(C)(C)C)c1cnc(C(F)F)nc1. The Morgan fingerprint density at radius 2 is 1.78 bits per heavy atom. The van der Waals surface area contributed by atoms with E-state index in [1.165, 1.54) is 12.4 Å². The minimum absolute atomic E-state index is 0.267. The number of hydrogen-bond donors (Lipinski definition) is 1. The van der Waals surface area contributed by atoms with Crippen LogP contribution in [-0.4, -0.2) is 19.3 Å². The van der Waals surface area contributed by atoms with Crippen LogP contribution in [0.5, 0.6) is 0 Å². The summed E-state index contributed by atoms with van der Waals surface area (Å²) >= 11 is -1.24. The van der Waals surface area contributed by atoms with Crippen LogP contribution in [0, 0.1) is 0 Å². The van der Waals surface area contributed by atoms with Crippen molar-refractivity contribution in [3.8, 4) is 0 Å². The normalized spacial score (nSPS) is 15.8. The average molecular weight is 277 g/mol. The second-order valence-electron chi connectivity index (χ2n) is 4.90. The predicted molar refractivity (Wildman–Crippen MR) is 66.4 cm³/mol. The van der Waals surface area contributed by atoms with E-state index < -0.39 is 28.4 Å². The molecule has 1 aromatic rings. The first-order chi connectivity index (χ1) is 8.21. The van der Waals surface area contributed by atoms with Crippen LogP contribution in [0.3, 0.4) is 0 Å². The van der Waals surface area contributed by atoms with Gasteiger partial charge in [0, 0.05) is 29.3 Å². The molecule has 102 valence electrons. The molecule has 0 aliphatic carbocycles. The molecule has 2 unspecified atom stereocenters. The van der Waals surface area contributed by atoms with Crippen molar-refractivity contribution in [2.75, 3.05) is 0 Å². The van der Waals surface area contributed by atoms with Crippen molar-refractivity contribution in [1.82, 2.24) is 14.7 Å². The molecule has 4 nitrogen and oxygen atoms in total. The Hall–Kier alpha value is -0.790. The molecule has 1 aromatic heterocycles. The van der Waals surface area contributed by atoms with Crippen LogP contribution < -0.4 is 4.72 Å². The number of alkyl halides is 2. The van der Waals surface area contributed by atoms with Crippen molar-refractivity contribution in [2.24, 2.45) is 0 Å². The molecule has 1 rings (SSSR count). The molecular weight excluding hydrogens is 260 g/mol. The fourth-order valence-electron chi connectivity index (χ4n) is 1.09. The van der Waals surface area contributed by atoms with Gasteiger partial charge < -0.3 is 4.55 Å². The highest BCUT2D eigenvalue weighted by molar-refractivity contribution is 7.90. The van der Waals surface area contributed by atoms with Gasteiger partial charge in [-0.3, -0.25) is 0 Å². The van der Waals surface area contributed by atoms with E-state index in [-0.39, 0.29) is 6.04 Å². The number of nitrogens with zero attached hydrogens (tertiary/aromatic N) is 2. The summed E-state index contributed by atoms with van der Waals surface area (Å²) in [5, 5.41) is 0. The van der Waals surface area contributed by atoms with Crippen LogP contribution in [0.1, 0.15) is 51.6 Å². The Balaban J connectivity index is 2.70. The number of hydrogen-bond acceptors (Lipinski definition) is 4. The maximum absolute atomic E-state index is 12.3. The van der Waals surface area contributed by atoms with E-state index in [9.17, 15) is 13.3 Å². The lowest BCUT2D eigenvalue weighted by molar-refractivity contribution is 0.140. The molecular formula is C11H17F2N3OS. The Labute approximate surface area is 109 Å². The van der Waals surface area contributed by atoms with Crippen molar-refractivity contribution in [3.05, 3.63) is 23.8 Å². The van der Waals surface area contributed by atoms with E-state index in [0.717, 1.165) is 0 Å². The molecule has 0 radical (unpaired) electrons. The van der Waals surface area contributed by atoms with Gasteiger partial charge in [0.15, 0.2) is 5.82 Å². The Morgan fingerprint density at radius 3 is 2.17 bits per heavy atom. The molecule has 0 aliphatic rings. The fourth-order valence-corrected chi connectivity index (χ4v) is 1.90. The summed E-state index contributed by atoms with van der Waals surface area (Å²) in [5.74, 6) is -0.497. The van der Waals surface area contributed by atoms with Crippen molar-refractivity contribution in [3.63, 3.8) is 0 Å². The highest BCUT2D eigenvalue weighted by atomic mass is 32.2. The second-order valence-corrected chi connectivity index (χ2v) is 6.89. The molecule has 7 heteroatoms. The van der Waals surface area contributed by atoms with Gasteiger partial charge in [-0.1, -0.05) is 0 Å². The molecule has 0 spiro atoms. The first-order valence-corrected chi connectivity index (χ1v) is 6.65. The number of rotatable bonds is 4. The molecule has 0 bridgehead atoms. The third-order valence-electron chi connectivity index (χ3n) is 2.23. The summed E-state index contributed by atoms with van der Waals surface area (Å²) in [4.78, 5) is 7.14. The van der Waals surface area contributed by atoms with Crippen LogP contribution in [0.25, 0.3) is 0 Å². The van der Waals surface area contributed by atoms with Gasteiger partial charge in [0.1, 0.15) is 4.75 Å². The monoisotopic (exact) mass is 277 g/mol. The third kappa shape index (κ3) is 4.15. The van der Waals surface area contributed by atoms with Gasteiger partial charge in [-0.2, -0.15) is 0 Å². The Morgan fingerprint density at radius 1 is 1.28 bits per heavy atom. The van der Waals surface area contributed by atoms with E-state index in [0.29, 0.717) is 5.56 Å².